The Bertz CT molecular complexity index is 352. The Kier molecular flexibility index (Phi) is 1.59. The monoisotopic (exact) mass is 190 g/mol. The van der Waals surface area contributed by atoms with Gasteiger partial charge >= 0.3 is 0 Å². The highest BCUT2D eigenvalue weighted by molar-refractivity contribution is 5.42. The third-order valence-corrected chi connectivity index (χ3v) is 3.49. The van der Waals surface area contributed by atoms with E-state index in [-0.39, 0.29) is 0 Å². The molecule has 1 spiro atoms. The van der Waals surface area contributed by atoms with Crippen LogP contribution in [-0.2, 0) is 4.74 Å². The minimum Gasteiger partial charge on any atom is -0.383 e. The van der Waals surface area contributed by atoms with Gasteiger partial charge in [-0.3, -0.25) is 0 Å². The zero-order chi connectivity index (χ0) is 9.60. The maximum atomic E-state index is 5.84. The van der Waals surface area contributed by atoms with E-state index in [1.165, 1.54) is 18.4 Å². The number of nitrogen functional groups attached to an aromatic ring is 1. The summed E-state index contributed by atoms with van der Waals surface area (Å²) in [5.41, 5.74) is 7.57. The summed E-state index contributed by atoms with van der Waals surface area (Å²) < 4.78 is 5.25. The van der Waals surface area contributed by atoms with Gasteiger partial charge in [-0.15, -0.1) is 0 Å². The standard InChI is InChI=1S/C11H14N2O/c12-10-9(2-1-3-13-10)8-4-11(5-8)6-14-7-11/h1-3,8H,4-7H2,(H2,12,13). The summed E-state index contributed by atoms with van der Waals surface area (Å²) in [5, 5.41) is 0. The Hall–Kier alpha value is -1.09. The summed E-state index contributed by atoms with van der Waals surface area (Å²) in [5.74, 6) is 1.32. The van der Waals surface area contributed by atoms with Crippen molar-refractivity contribution in [2.24, 2.45) is 5.41 Å². The summed E-state index contributed by atoms with van der Waals surface area (Å²) in [4.78, 5) is 4.12. The van der Waals surface area contributed by atoms with Crippen molar-refractivity contribution in [2.45, 2.75) is 18.8 Å². The quantitative estimate of drug-likeness (QED) is 0.731. The first-order chi connectivity index (χ1) is 6.79. The molecule has 2 fully saturated rings. The molecule has 2 N–H and O–H groups in total. The van der Waals surface area contributed by atoms with Gasteiger partial charge in [0.15, 0.2) is 0 Å². The SMILES string of the molecule is Nc1ncccc1C1CC2(COC2)C1. The highest BCUT2D eigenvalue weighted by atomic mass is 16.5. The third kappa shape index (κ3) is 1.05. The molecule has 1 aromatic rings. The van der Waals surface area contributed by atoms with Crippen LogP contribution in [0.2, 0.25) is 0 Å². The van der Waals surface area contributed by atoms with Crippen LogP contribution in [0.25, 0.3) is 0 Å². The normalized spacial score (nSPS) is 24.3. The minimum atomic E-state index is 0.507. The molecule has 3 heteroatoms. The van der Waals surface area contributed by atoms with Gasteiger partial charge in [0.1, 0.15) is 5.82 Å². The summed E-state index contributed by atoms with van der Waals surface area (Å²) in [6.07, 6.45) is 4.20. The van der Waals surface area contributed by atoms with Gasteiger partial charge in [0.2, 0.25) is 0 Å². The number of anilines is 1. The number of nitrogens with zero attached hydrogens (tertiary/aromatic N) is 1. The van der Waals surface area contributed by atoms with Crippen LogP contribution in [0.5, 0.6) is 0 Å². The molecule has 2 heterocycles. The summed E-state index contributed by atoms with van der Waals surface area (Å²) >= 11 is 0. The molecule has 1 aliphatic heterocycles. The molecule has 0 amide bonds. The number of hydrogen-bond donors (Lipinski definition) is 1. The molecule has 0 unspecified atom stereocenters. The van der Waals surface area contributed by atoms with Crippen LogP contribution >= 0.6 is 0 Å². The molecule has 0 bridgehead atoms. The van der Waals surface area contributed by atoms with E-state index in [1.807, 2.05) is 6.07 Å². The van der Waals surface area contributed by atoms with E-state index in [1.54, 1.807) is 6.20 Å². The lowest BCUT2D eigenvalue weighted by Crippen LogP contribution is -2.51. The molecule has 0 aromatic carbocycles. The Morgan fingerprint density at radius 3 is 2.79 bits per heavy atom. The molecular weight excluding hydrogens is 176 g/mol. The molecule has 0 radical (unpaired) electrons. The molecule has 1 saturated carbocycles. The lowest BCUT2D eigenvalue weighted by molar-refractivity contribution is -0.164. The zero-order valence-electron chi connectivity index (χ0n) is 8.07. The smallest absolute Gasteiger partial charge is 0.126 e. The van der Waals surface area contributed by atoms with E-state index < -0.39 is 0 Å². The fraction of sp³-hybridized carbons (Fsp3) is 0.545. The minimum absolute atomic E-state index is 0.507. The Balaban J connectivity index is 1.76. The average molecular weight is 190 g/mol. The van der Waals surface area contributed by atoms with E-state index in [4.69, 9.17) is 10.5 Å². The topological polar surface area (TPSA) is 48.1 Å². The second-order valence-corrected chi connectivity index (χ2v) is 4.58. The van der Waals surface area contributed by atoms with Gasteiger partial charge in [0, 0.05) is 11.6 Å². The maximum Gasteiger partial charge on any atom is 0.126 e. The Morgan fingerprint density at radius 1 is 1.43 bits per heavy atom. The second-order valence-electron chi connectivity index (χ2n) is 4.58. The zero-order valence-corrected chi connectivity index (χ0v) is 8.07. The van der Waals surface area contributed by atoms with Crippen LogP contribution in [0.15, 0.2) is 18.3 Å². The molecule has 1 aromatic heterocycles. The van der Waals surface area contributed by atoms with E-state index in [9.17, 15) is 0 Å². The van der Waals surface area contributed by atoms with Crippen LogP contribution in [0.4, 0.5) is 5.82 Å². The molecule has 14 heavy (non-hydrogen) atoms. The lowest BCUT2D eigenvalue weighted by Gasteiger charge is -2.53. The fourth-order valence-electron chi connectivity index (χ4n) is 2.61. The van der Waals surface area contributed by atoms with Crippen LogP contribution in [0.3, 0.4) is 0 Å². The summed E-state index contributed by atoms with van der Waals surface area (Å²) in [7, 11) is 0. The molecule has 1 saturated heterocycles. The molecule has 0 atom stereocenters. The summed E-state index contributed by atoms with van der Waals surface area (Å²) in [6, 6.07) is 4.06. The van der Waals surface area contributed by atoms with Crippen molar-refractivity contribution in [3.05, 3.63) is 23.9 Å². The first kappa shape index (κ1) is 8.24. The highest BCUT2D eigenvalue weighted by Gasteiger charge is 2.50. The van der Waals surface area contributed by atoms with Crippen molar-refractivity contribution in [1.82, 2.24) is 4.98 Å². The number of ether oxygens (including phenoxy) is 1. The average Bonchev–Trinajstić information content (AvgIpc) is 2.03. The largest absolute Gasteiger partial charge is 0.383 e. The van der Waals surface area contributed by atoms with Crippen molar-refractivity contribution in [2.75, 3.05) is 18.9 Å². The van der Waals surface area contributed by atoms with Crippen LogP contribution in [0, 0.1) is 5.41 Å². The molecular formula is C11H14N2O. The van der Waals surface area contributed by atoms with E-state index in [0.717, 1.165) is 13.2 Å². The van der Waals surface area contributed by atoms with Gasteiger partial charge < -0.3 is 10.5 Å². The number of pyridine rings is 1. The maximum absolute atomic E-state index is 5.84. The first-order valence-corrected chi connectivity index (χ1v) is 5.07. The second kappa shape index (κ2) is 2.70. The Morgan fingerprint density at radius 2 is 2.21 bits per heavy atom. The molecule has 74 valence electrons. The third-order valence-electron chi connectivity index (χ3n) is 3.49. The van der Waals surface area contributed by atoms with E-state index in [0.29, 0.717) is 17.2 Å². The summed E-state index contributed by atoms with van der Waals surface area (Å²) in [6.45, 7) is 1.90. The predicted octanol–water partition coefficient (Wildman–Crippen LogP) is 1.56. The van der Waals surface area contributed by atoms with E-state index >= 15 is 0 Å². The van der Waals surface area contributed by atoms with Crippen molar-refractivity contribution in [3.8, 4) is 0 Å². The van der Waals surface area contributed by atoms with Crippen LogP contribution in [0.1, 0.15) is 24.3 Å². The molecule has 1 aliphatic carbocycles. The van der Waals surface area contributed by atoms with Crippen molar-refractivity contribution in [3.63, 3.8) is 0 Å². The van der Waals surface area contributed by atoms with Gasteiger partial charge in [-0.2, -0.15) is 0 Å². The van der Waals surface area contributed by atoms with Gasteiger partial charge in [-0.05, 0) is 30.4 Å². The number of rotatable bonds is 1. The molecule has 3 rings (SSSR count). The molecule has 3 nitrogen and oxygen atoms in total. The number of aromatic nitrogens is 1. The van der Waals surface area contributed by atoms with E-state index in [2.05, 4.69) is 11.1 Å². The lowest BCUT2D eigenvalue weighted by atomic mass is 9.59. The number of hydrogen-bond acceptors (Lipinski definition) is 3. The van der Waals surface area contributed by atoms with Gasteiger partial charge in [-0.1, -0.05) is 6.07 Å². The van der Waals surface area contributed by atoms with Crippen LogP contribution < -0.4 is 5.73 Å². The van der Waals surface area contributed by atoms with Crippen molar-refractivity contribution in [1.29, 1.82) is 0 Å². The van der Waals surface area contributed by atoms with Gasteiger partial charge in [-0.25, -0.2) is 4.98 Å². The number of nitrogens with two attached hydrogens (primary N) is 1. The van der Waals surface area contributed by atoms with Gasteiger partial charge in [0.25, 0.3) is 0 Å². The Labute approximate surface area is 83.3 Å². The predicted molar refractivity (Wildman–Crippen MR) is 53.9 cm³/mol. The highest BCUT2D eigenvalue weighted by Crippen LogP contribution is 2.55. The van der Waals surface area contributed by atoms with Crippen LogP contribution in [-0.4, -0.2) is 18.2 Å². The molecule has 2 aliphatic rings. The van der Waals surface area contributed by atoms with Crippen molar-refractivity contribution < 1.29 is 4.74 Å². The van der Waals surface area contributed by atoms with Crippen molar-refractivity contribution >= 4 is 5.82 Å². The van der Waals surface area contributed by atoms with Gasteiger partial charge in [0.05, 0.1) is 13.2 Å². The fourth-order valence-corrected chi connectivity index (χ4v) is 2.61. The first-order valence-electron chi connectivity index (χ1n) is 5.07.